The van der Waals surface area contributed by atoms with Crippen molar-refractivity contribution in [3.63, 3.8) is 0 Å². The van der Waals surface area contributed by atoms with Crippen molar-refractivity contribution in [3.8, 4) is 17.0 Å². The molecule has 2 N–H and O–H groups in total. The van der Waals surface area contributed by atoms with Crippen LogP contribution in [0, 0.1) is 16.4 Å². The van der Waals surface area contributed by atoms with Crippen molar-refractivity contribution in [3.05, 3.63) is 59.8 Å². The van der Waals surface area contributed by atoms with Gasteiger partial charge in [0.15, 0.2) is 5.82 Å². The average Bonchev–Trinajstić information content (AvgIpc) is 2.71. The predicted molar refractivity (Wildman–Crippen MR) is 122 cm³/mol. The molecule has 0 aliphatic carbocycles. The molecule has 1 atom stereocenters. The van der Waals surface area contributed by atoms with Crippen LogP contribution in [0.1, 0.15) is 18.4 Å². The van der Waals surface area contributed by atoms with Crippen molar-refractivity contribution in [1.82, 2.24) is 9.97 Å². The van der Waals surface area contributed by atoms with Crippen LogP contribution in [-0.2, 0) is 16.4 Å². The Balaban J connectivity index is 1.78. The van der Waals surface area contributed by atoms with Crippen molar-refractivity contribution in [2.75, 3.05) is 23.9 Å². The van der Waals surface area contributed by atoms with Gasteiger partial charge in [-0.05, 0) is 60.7 Å². The average molecular weight is 461 g/mol. The fourth-order valence-corrected chi connectivity index (χ4v) is 5.03. The summed E-state index contributed by atoms with van der Waals surface area (Å²) in [6, 6.07) is 10.0. The van der Waals surface area contributed by atoms with Crippen LogP contribution in [0.4, 0.5) is 20.4 Å². The molecular formula is C22H22F2N4OS2. The minimum atomic E-state index is -0.565. The molecule has 0 radical (unpaired) electrons. The molecule has 2 heterocycles. The number of hydrogen-bond donors (Lipinski definition) is 2. The zero-order chi connectivity index (χ0) is 21.8. The molecule has 0 saturated heterocycles. The minimum absolute atomic E-state index is 0.128. The highest BCUT2D eigenvalue weighted by molar-refractivity contribution is 7.99. The SMILES string of the molecule is CS(=N)Cc1cc2cc(c1)OCCCCSc1cc(F)ccc1-c1nc(ncc1F)N2. The van der Waals surface area contributed by atoms with Gasteiger partial charge in [0, 0.05) is 28.0 Å². The molecule has 9 heteroatoms. The zero-order valence-corrected chi connectivity index (χ0v) is 18.6. The molecule has 0 amide bonds. The van der Waals surface area contributed by atoms with E-state index in [1.54, 1.807) is 6.07 Å². The van der Waals surface area contributed by atoms with Crippen LogP contribution >= 0.6 is 11.8 Å². The summed E-state index contributed by atoms with van der Waals surface area (Å²) in [6.07, 6.45) is 4.69. The fourth-order valence-electron chi connectivity index (χ4n) is 3.28. The largest absolute Gasteiger partial charge is 0.494 e. The molecule has 0 saturated carbocycles. The van der Waals surface area contributed by atoms with Crippen LogP contribution in [0.15, 0.2) is 47.5 Å². The van der Waals surface area contributed by atoms with Gasteiger partial charge < -0.3 is 10.1 Å². The van der Waals surface area contributed by atoms with Crippen LogP contribution in [0.5, 0.6) is 5.75 Å². The van der Waals surface area contributed by atoms with Gasteiger partial charge in [-0.25, -0.2) is 18.7 Å². The minimum Gasteiger partial charge on any atom is -0.494 e. The number of halogens is 2. The first-order chi connectivity index (χ1) is 15.0. The summed E-state index contributed by atoms with van der Waals surface area (Å²) < 4.78 is 42.4. The summed E-state index contributed by atoms with van der Waals surface area (Å²) in [4.78, 5) is 9.11. The van der Waals surface area contributed by atoms with Gasteiger partial charge in [0.05, 0.1) is 12.8 Å². The number of thioether (sulfide) groups is 1. The van der Waals surface area contributed by atoms with Crippen molar-refractivity contribution in [1.29, 1.82) is 4.78 Å². The molecule has 5 nitrogen and oxygen atoms in total. The number of nitrogens with zero attached hydrogens (tertiary/aromatic N) is 2. The number of fused-ring (bicyclic) bond motifs is 6. The lowest BCUT2D eigenvalue weighted by atomic mass is 10.1. The van der Waals surface area contributed by atoms with E-state index < -0.39 is 16.5 Å². The molecule has 1 aliphatic rings. The Morgan fingerprint density at radius 3 is 2.90 bits per heavy atom. The molecule has 4 rings (SSSR count). The number of nitrogens with one attached hydrogen (secondary N) is 2. The highest BCUT2D eigenvalue weighted by Crippen LogP contribution is 2.34. The highest BCUT2D eigenvalue weighted by atomic mass is 32.2. The molecular weight excluding hydrogens is 438 g/mol. The van der Waals surface area contributed by atoms with E-state index in [-0.39, 0.29) is 17.5 Å². The van der Waals surface area contributed by atoms with Crippen LogP contribution in [0.3, 0.4) is 0 Å². The normalized spacial score (nSPS) is 14.9. The number of anilines is 2. The van der Waals surface area contributed by atoms with Gasteiger partial charge in [-0.2, -0.15) is 0 Å². The third kappa shape index (κ3) is 5.59. The summed E-state index contributed by atoms with van der Waals surface area (Å²) in [6.45, 7) is 0.553. The first kappa shape index (κ1) is 21.7. The number of rotatable bonds is 2. The third-order valence-electron chi connectivity index (χ3n) is 4.61. The fraction of sp³-hybridized carbons (Fsp3) is 0.273. The Labute approximate surface area is 186 Å². The second-order valence-electron chi connectivity index (χ2n) is 7.21. The van der Waals surface area contributed by atoms with Crippen molar-refractivity contribution in [2.45, 2.75) is 23.5 Å². The summed E-state index contributed by atoms with van der Waals surface area (Å²) in [5.41, 5.74) is 2.35. The van der Waals surface area contributed by atoms with Gasteiger partial charge >= 0.3 is 0 Å². The van der Waals surface area contributed by atoms with Crippen molar-refractivity contribution < 1.29 is 13.5 Å². The van der Waals surface area contributed by atoms with Crippen LogP contribution in [0.2, 0.25) is 0 Å². The van der Waals surface area contributed by atoms with Gasteiger partial charge in [0.1, 0.15) is 17.3 Å². The maximum absolute atomic E-state index is 14.6. The van der Waals surface area contributed by atoms with Gasteiger partial charge in [0.25, 0.3) is 0 Å². The molecule has 2 aromatic carbocycles. The summed E-state index contributed by atoms with van der Waals surface area (Å²) >= 11 is 1.48. The standard InChI is InChI=1S/C22H22F2N4OS2/c1-31(25)13-14-8-16-11-17(9-14)29-6-2-3-7-30-20-10-15(23)4-5-18(20)21-19(24)12-26-22(27-16)28-21/h4-5,8-12,25H,2-3,6-7,13H2,1H3,(H,26,27,28). The molecule has 1 aliphatic heterocycles. The van der Waals surface area contributed by atoms with E-state index in [0.29, 0.717) is 34.3 Å². The first-order valence-corrected chi connectivity index (χ1v) is 12.6. The van der Waals surface area contributed by atoms with Crippen molar-refractivity contribution >= 4 is 34.1 Å². The Bertz CT molecular complexity index is 1130. The number of aromatic nitrogens is 2. The van der Waals surface area contributed by atoms with Crippen LogP contribution in [-0.4, -0.2) is 28.6 Å². The maximum Gasteiger partial charge on any atom is 0.227 e. The summed E-state index contributed by atoms with van der Waals surface area (Å²) in [7, 11) is -0.513. The zero-order valence-electron chi connectivity index (χ0n) is 17.0. The quantitative estimate of drug-likeness (QED) is 0.495. The Morgan fingerprint density at radius 2 is 2.06 bits per heavy atom. The molecule has 31 heavy (non-hydrogen) atoms. The summed E-state index contributed by atoms with van der Waals surface area (Å²) in [5, 5.41) is 3.13. The Morgan fingerprint density at radius 1 is 1.19 bits per heavy atom. The smallest absolute Gasteiger partial charge is 0.227 e. The Hall–Kier alpha value is -2.52. The molecule has 162 valence electrons. The van der Waals surface area contributed by atoms with Gasteiger partial charge in [0.2, 0.25) is 5.95 Å². The van der Waals surface area contributed by atoms with E-state index in [1.807, 2.05) is 24.5 Å². The number of ether oxygens (including phenoxy) is 1. The van der Waals surface area contributed by atoms with E-state index in [2.05, 4.69) is 15.3 Å². The summed E-state index contributed by atoms with van der Waals surface area (Å²) in [5.74, 6) is 1.37. The Kier molecular flexibility index (Phi) is 6.82. The molecule has 0 spiro atoms. The lowest BCUT2D eigenvalue weighted by molar-refractivity contribution is 0.310. The van der Waals surface area contributed by atoms with Crippen LogP contribution in [0.25, 0.3) is 11.3 Å². The van der Waals surface area contributed by atoms with Crippen molar-refractivity contribution in [2.24, 2.45) is 0 Å². The maximum atomic E-state index is 14.6. The monoisotopic (exact) mass is 460 g/mol. The molecule has 0 fully saturated rings. The van der Waals surface area contributed by atoms with E-state index in [0.717, 1.165) is 30.4 Å². The topological polar surface area (TPSA) is 70.9 Å². The number of benzene rings is 2. The first-order valence-electron chi connectivity index (χ1n) is 9.81. The van der Waals surface area contributed by atoms with Gasteiger partial charge in [-0.3, -0.25) is 4.78 Å². The number of hydrogen-bond acceptors (Lipinski definition) is 6. The van der Waals surface area contributed by atoms with Gasteiger partial charge in [-0.15, -0.1) is 22.5 Å². The van der Waals surface area contributed by atoms with E-state index in [9.17, 15) is 8.78 Å². The highest BCUT2D eigenvalue weighted by Gasteiger charge is 2.16. The molecule has 4 bridgehead atoms. The lowest BCUT2D eigenvalue weighted by Crippen LogP contribution is -2.03. The predicted octanol–water partition coefficient (Wildman–Crippen LogP) is 5.94. The van der Waals surface area contributed by atoms with E-state index in [4.69, 9.17) is 9.52 Å². The second kappa shape index (κ2) is 9.74. The molecule has 3 aromatic rings. The van der Waals surface area contributed by atoms with Gasteiger partial charge in [-0.1, -0.05) is 0 Å². The third-order valence-corrected chi connectivity index (χ3v) is 6.52. The van der Waals surface area contributed by atoms with E-state index >= 15 is 0 Å². The van der Waals surface area contributed by atoms with Crippen LogP contribution < -0.4 is 10.1 Å². The molecule has 1 unspecified atom stereocenters. The lowest BCUT2D eigenvalue weighted by Gasteiger charge is -2.13. The molecule has 1 aromatic heterocycles. The van der Waals surface area contributed by atoms with E-state index in [1.165, 1.54) is 23.9 Å². The second-order valence-corrected chi connectivity index (χ2v) is 9.91.